The smallest absolute Gasteiger partial charge is 0.310 e. The summed E-state index contributed by atoms with van der Waals surface area (Å²) in [7, 11) is 1.54. The van der Waals surface area contributed by atoms with Gasteiger partial charge in [0.25, 0.3) is 0 Å². The molecule has 1 rings (SSSR count). The monoisotopic (exact) mass is 194 g/mol. The number of carbonyl (C=O) groups is 1. The van der Waals surface area contributed by atoms with Gasteiger partial charge in [-0.1, -0.05) is 17.7 Å². The zero-order valence-electron chi connectivity index (χ0n) is 8.57. The summed E-state index contributed by atoms with van der Waals surface area (Å²) in [6.45, 7) is 3.58. The number of rotatable bonds is 3. The maximum absolute atomic E-state index is 10.8. The van der Waals surface area contributed by atoms with Crippen molar-refractivity contribution in [1.29, 1.82) is 0 Å². The molecule has 0 saturated heterocycles. The Hall–Kier alpha value is -1.51. The van der Waals surface area contributed by atoms with Gasteiger partial charge in [0.1, 0.15) is 5.75 Å². The molecule has 3 heteroatoms. The van der Waals surface area contributed by atoms with Gasteiger partial charge in [-0.25, -0.2) is 0 Å². The average Bonchev–Trinajstić information content (AvgIpc) is 2.16. The minimum absolute atomic E-state index is 0.537. The molecular weight excluding hydrogens is 180 g/mol. The molecule has 0 aliphatic carbocycles. The maximum Gasteiger partial charge on any atom is 0.310 e. The Labute approximate surface area is 83.3 Å². The Morgan fingerprint density at radius 3 is 2.64 bits per heavy atom. The lowest BCUT2D eigenvalue weighted by Crippen LogP contribution is -2.09. The van der Waals surface area contributed by atoms with Crippen molar-refractivity contribution in [2.45, 2.75) is 19.8 Å². The number of hydrogen-bond acceptors (Lipinski definition) is 2. The van der Waals surface area contributed by atoms with E-state index in [1.54, 1.807) is 20.1 Å². The molecular formula is C11H14O3. The summed E-state index contributed by atoms with van der Waals surface area (Å²) in [5.41, 5.74) is 1.76. The SMILES string of the molecule is COc1ccc(C)cc1[C@@H](C)C(=O)O. The fourth-order valence-corrected chi connectivity index (χ4v) is 1.33. The normalized spacial score (nSPS) is 12.2. The minimum atomic E-state index is -0.839. The van der Waals surface area contributed by atoms with E-state index in [2.05, 4.69) is 0 Å². The molecule has 1 aromatic carbocycles. The Morgan fingerprint density at radius 1 is 1.50 bits per heavy atom. The zero-order chi connectivity index (χ0) is 10.7. The second kappa shape index (κ2) is 4.13. The molecule has 76 valence electrons. The van der Waals surface area contributed by atoms with Crippen LogP contribution in [0.15, 0.2) is 18.2 Å². The number of carboxylic acid groups (broad SMARTS) is 1. The molecule has 1 N–H and O–H groups in total. The van der Waals surface area contributed by atoms with E-state index in [4.69, 9.17) is 9.84 Å². The largest absolute Gasteiger partial charge is 0.496 e. The van der Waals surface area contributed by atoms with E-state index < -0.39 is 11.9 Å². The van der Waals surface area contributed by atoms with Crippen LogP contribution in [0.3, 0.4) is 0 Å². The van der Waals surface area contributed by atoms with Crippen LogP contribution in [0.25, 0.3) is 0 Å². The van der Waals surface area contributed by atoms with Crippen molar-refractivity contribution in [3.05, 3.63) is 29.3 Å². The van der Waals surface area contributed by atoms with Crippen LogP contribution >= 0.6 is 0 Å². The van der Waals surface area contributed by atoms with Gasteiger partial charge in [-0.15, -0.1) is 0 Å². The van der Waals surface area contributed by atoms with E-state index in [1.165, 1.54) is 0 Å². The molecule has 0 fully saturated rings. The topological polar surface area (TPSA) is 46.5 Å². The lowest BCUT2D eigenvalue weighted by molar-refractivity contribution is -0.138. The standard InChI is InChI=1S/C11H14O3/c1-7-4-5-10(14-3)9(6-7)8(2)11(12)13/h4-6,8H,1-3H3,(H,12,13)/t8-/m1/s1. The van der Waals surface area contributed by atoms with Crippen molar-refractivity contribution < 1.29 is 14.6 Å². The third-order valence-corrected chi connectivity index (χ3v) is 2.22. The molecule has 0 unspecified atom stereocenters. The summed E-state index contributed by atoms with van der Waals surface area (Å²) in [6, 6.07) is 5.54. The highest BCUT2D eigenvalue weighted by Gasteiger charge is 2.17. The van der Waals surface area contributed by atoms with Crippen LogP contribution in [0.2, 0.25) is 0 Å². The third kappa shape index (κ3) is 2.05. The summed E-state index contributed by atoms with van der Waals surface area (Å²) in [6.07, 6.45) is 0. The second-order valence-electron chi connectivity index (χ2n) is 3.31. The van der Waals surface area contributed by atoms with Crippen molar-refractivity contribution in [3.63, 3.8) is 0 Å². The fraction of sp³-hybridized carbons (Fsp3) is 0.364. The first-order valence-electron chi connectivity index (χ1n) is 4.43. The predicted molar refractivity (Wildman–Crippen MR) is 53.8 cm³/mol. The van der Waals surface area contributed by atoms with Crippen molar-refractivity contribution in [2.75, 3.05) is 7.11 Å². The molecule has 14 heavy (non-hydrogen) atoms. The van der Waals surface area contributed by atoms with Crippen LogP contribution in [0.1, 0.15) is 24.0 Å². The molecule has 0 heterocycles. The van der Waals surface area contributed by atoms with Crippen LogP contribution in [-0.2, 0) is 4.79 Å². The quantitative estimate of drug-likeness (QED) is 0.802. The molecule has 1 aromatic rings. The molecule has 1 atom stereocenters. The fourth-order valence-electron chi connectivity index (χ4n) is 1.33. The van der Waals surface area contributed by atoms with Gasteiger partial charge in [0.15, 0.2) is 0 Å². The number of carboxylic acids is 1. The van der Waals surface area contributed by atoms with E-state index in [0.717, 1.165) is 11.1 Å². The minimum Gasteiger partial charge on any atom is -0.496 e. The highest BCUT2D eigenvalue weighted by molar-refractivity contribution is 5.76. The first kappa shape index (κ1) is 10.6. The molecule has 0 aromatic heterocycles. The maximum atomic E-state index is 10.8. The average molecular weight is 194 g/mol. The van der Waals surface area contributed by atoms with E-state index in [-0.39, 0.29) is 0 Å². The van der Waals surface area contributed by atoms with E-state index in [0.29, 0.717) is 5.75 Å². The summed E-state index contributed by atoms with van der Waals surface area (Å²) in [5, 5.41) is 8.89. The number of ether oxygens (including phenoxy) is 1. The first-order valence-corrected chi connectivity index (χ1v) is 4.43. The number of benzene rings is 1. The molecule has 0 amide bonds. The van der Waals surface area contributed by atoms with Crippen LogP contribution in [0.4, 0.5) is 0 Å². The highest BCUT2D eigenvalue weighted by Crippen LogP contribution is 2.27. The van der Waals surface area contributed by atoms with E-state index in [9.17, 15) is 4.79 Å². The summed E-state index contributed by atoms with van der Waals surface area (Å²) < 4.78 is 5.11. The van der Waals surface area contributed by atoms with Crippen molar-refractivity contribution in [1.82, 2.24) is 0 Å². The van der Waals surface area contributed by atoms with Gasteiger partial charge in [-0.2, -0.15) is 0 Å². The number of hydrogen-bond donors (Lipinski definition) is 1. The van der Waals surface area contributed by atoms with Crippen molar-refractivity contribution >= 4 is 5.97 Å². The highest BCUT2D eigenvalue weighted by atomic mass is 16.5. The molecule has 3 nitrogen and oxygen atoms in total. The zero-order valence-corrected chi connectivity index (χ0v) is 8.57. The number of aliphatic carboxylic acids is 1. The molecule has 0 aliphatic heterocycles. The van der Waals surface area contributed by atoms with Gasteiger partial charge in [0.2, 0.25) is 0 Å². The van der Waals surface area contributed by atoms with Crippen molar-refractivity contribution in [2.24, 2.45) is 0 Å². The lowest BCUT2D eigenvalue weighted by atomic mass is 9.98. The van der Waals surface area contributed by atoms with Crippen molar-refractivity contribution in [3.8, 4) is 5.75 Å². The van der Waals surface area contributed by atoms with E-state index in [1.807, 2.05) is 19.1 Å². The summed E-state index contributed by atoms with van der Waals surface area (Å²) in [5.74, 6) is -0.746. The predicted octanol–water partition coefficient (Wildman–Crippen LogP) is 2.19. The van der Waals surface area contributed by atoms with E-state index >= 15 is 0 Å². The Balaban J connectivity index is 3.16. The van der Waals surface area contributed by atoms with Gasteiger partial charge < -0.3 is 9.84 Å². The van der Waals surface area contributed by atoms with Crippen LogP contribution in [0.5, 0.6) is 5.75 Å². The first-order chi connectivity index (χ1) is 6.56. The Kier molecular flexibility index (Phi) is 3.12. The van der Waals surface area contributed by atoms with Gasteiger partial charge >= 0.3 is 5.97 Å². The summed E-state index contributed by atoms with van der Waals surface area (Å²) in [4.78, 5) is 10.8. The lowest BCUT2D eigenvalue weighted by Gasteiger charge is -2.12. The van der Waals surface area contributed by atoms with Gasteiger partial charge in [-0.3, -0.25) is 4.79 Å². The van der Waals surface area contributed by atoms with Gasteiger partial charge in [-0.05, 0) is 19.9 Å². The number of aryl methyl sites for hydroxylation is 1. The van der Waals surface area contributed by atoms with Gasteiger partial charge in [0.05, 0.1) is 13.0 Å². The third-order valence-electron chi connectivity index (χ3n) is 2.22. The van der Waals surface area contributed by atoms with Crippen LogP contribution < -0.4 is 4.74 Å². The van der Waals surface area contributed by atoms with Crippen LogP contribution in [0, 0.1) is 6.92 Å². The molecule has 0 spiro atoms. The molecule has 0 aliphatic rings. The molecule has 0 radical (unpaired) electrons. The van der Waals surface area contributed by atoms with Gasteiger partial charge in [0, 0.05) is 5.56 Å². The Morgan fingerprint density at radius 2 is 2.14 bits per heavy atom. The molecule has 0 saturated carbocycles. The Bertz CT molecular complexity index is 344. The summed E-state index contributed by atoms with van der Waals surface area (Å²) >= 11 is 0. The molecule has 0 bridgehead atoms. The van der Waals surface area contributed by atoms with Crippen LogP contribution in [-0.4, -0.2) is 18.2 Å². The second-order valence-corrected chi connectivity index (χ2v) is 3.31. The number of methoxy groups -OCH3 is 1.